The molecular weight excluding hydrogens is 1080 g/mol. The van der Waals surface area contributed by atoms with Crippen molar-refractivity contribution in [2.75, 3.05) is 40.9 Å². The van der Waals surface area contributed by atoms with Crippen LogP contribution in [-0.4, -0.2) is 68.5 Å². The van der Waals surface area contributed by atoms with Gasteiger partial charge in [0.2, 0.25) is 5.91 Å². The molecule has 0 aliphatic carbocycles. The van der Waals surface area contributed by atoms with Crippen LogP contribution in [0.4, 0.5) is 0 Å². The predicted molar refractivity (Wildman–Crippen MR) is 376 cm³/mol. The third-order valence-electron chi connectivity index (χ3n) is 18.2. The van der Waals surface area contributed by atoms with Gasteiger partial charge in [0.15, 0.2) is 0 Å². The van der Waals surface area contributed by atoms with Crippen molar-refractivity contribution >= 4 is 13.7 Å². The third kappa shape index (κ3) is 70.4. The van der Waals surface area contributed by atoms with Crippen LogP contribution >= 0.6 is 7.82 Å². The van der Waals surface area contributed by atoms with Crippen LogP contribution in [0.3, 0.4) is 0 Å². The highest BCUT2D eigenvalue weighted by molar-refractivity contribution is 7.45. The number of quaternary nitrogens is 1. The molecule has 8 nitrogen and oxygen atoms in total. The van der Waals surface area contributed by atoms with Crippen LogP contribution in [0.25, 0.3) is 0 Å². The zero-order valence-electron chi connectivity index (χ0n) is 58.8. The number of amides is 1. The molecule has 0 heterocycles. The Labute approximate surface area is 538 Å². The number of allylic oxidation sites excluding steroid dienone is 3. The molecule has 0 radical (unpaired) electrons. The Hall–Kier alpha value is -1.02. The van der Waals surface area contributed by atoms with Gasteiger partial charge in [-0.2, -0.15) is 0 Å². The smallest absolute Gasteiger partial charge is 0.268 e. The number of hydrogen-bond donors (Lipinski definition) is 2. The summed E-state index contributed by atoms with van der Waals surface area (Å²) in [5, 5.41) is 14.0. The zero-order valence-corrected chi connectivity index (χ0v) is 59.7. The molecule has 9 heteroatoms. The first-order valence-corrected chi connectivity index (χ1v) is 40.2. The van der Waals surface area contributed by atoms with E-state index < -0.39 is 20.0 Å². The quantitative estimate of drug-likeness (QED) is 0.0272. The molecule has 0 aromatic heterocycles. The molecule has 0 saturated heterocycles. The number of phosphoric acid groups is 1. The first kappa shape index (κ1) is 85.0. The van der Waals surface area contributed by atoms with Gasteiger partial charge in [-0.1, -0.05) is 398 Å². The van der Waals surface area contributed by atoms with E-state index in [1.54, 1.807) is 6.08 Å². The van der Waals surface area contributed by atoms with E-state index in [-0.39, 0.29) is 19.1 Å². The number of nitrogens with zero attached hydrogens (tertiary/aromatic N) is 1. The molecule has 0 aliphatic rings. The fourth-order valence-electron chi connectivity index (χ4n) is 12.2. The van der Waals surface area contributed by atoms with Crippen molar-refractivity contribution in [2.45, 2.75) is 424 Å². The molecule has 512 valence electrons. The molecule has 0 bridgehead atoms. The summed E-state index contributed by atoms with van der Waals surface area (Å²) >= 11 is 0. The molecule has 3 unspecified atom stereocenters. The summed E-state index contributed by atoms with van der Waals surface area (Å²) in [6, 6.07) is -0.902. The van der Waals surface area contributed by atoms with Crippen molar-refractivity contribution in [3.8, 4) is 0 Å². The average molecular weight is 1230 g/mol. The standard InChI is InChI=1S/C77H153N2O6P/c1-6-8-10-12-14-16-18-20-22-24-26-28-30-32-33-34-35-36-37-38-39-40-41-42-43-44-45-47-49-51-53-55-57-59-61-63-65-67-69-71-77(81)78-75(74-85-86(82,83)84-73-72-79(3,4)5)76(80)70-68-66-64-62-60-58-56-54-52-50-48-46-31-29-27-25-23-21-19-17-15-13-11-9-7-2/h60,62,68,70,75-76,80H,6-59,61,63-67,69,71-74H2,1-5H3,(H-,78,81,82,83)/b62-60+,70-68+. The van der Waals surface area contributed by atoms with Crippen LogP contribution in [0.2, 0.25) is 0 Å². The second kappa shape index (κ2) is 68.3. The lowest BCUT2D eigenvalue weighted by atomic mass is 10.0. The lowest BCUT2D eigenvalue weighted by molar-refractivity contribution is -0.870. The SMILES string of the molecule is CCCCCCCCCCCCCCCCCCCCC/C=C/CC/C=C/C(O)C(COP(=O)([O-])OCC[N+](C)(C)C)NC(=O)CCCCCCCCCCCCCCCCCCCCCCCCCCCCCCCCCCCCCCCCC. The average Bonchev–Trinajstić information content (AvgIpc) is 3.70. The van der Waals surface area contributed by atoms with Crippen LogP contribution in [-0.2, 0) is 18.4 Å². The maximum atomic E-state index is 13.1. The lowest BCUT2D eigenvalue weighted by Gasteiger charge is -2.29. The number of hydrogen-bond acceptors (Lipinski definition) is 6. The van der Waals surface area contributed by atoms with Crippen LogP contribution in [0.5, 0.6) is 0 Å². The number of unbranched alkanes of at least 4 members (excludes halogenated alkanes) is 58. The monoisotopic (exact) mass is 1230 g/mol. The molecule has 2 N–H and O–H groups in total. The maximum Gasteiger partial charge on any atom is 0.268 e. The van der Waals surface area contributed by atoms with Gasteiger partial charge in [0, 0.05) is 6.42 Å². The molecule has 1 amide bonds. The molecule has 0 fully saturated rings. The Kier molecular flexibility index (Phi) is 67.5. The van der Waals surface area contributed by atoms with E-state index in [2.05, 4.69) is 31.3 Å². The van der Waals surface area contributed by atoms with Crippen LogP contribution < -0.4 is 10.2 Å². The van der Waals surface area contributed by atoms with E-state index in [4.69, 9.17) is 9.05 Å². The number of rotatable bonds is 73. The minimum absolute atomic E-state index is 0.00334. The Morgan fingerprint density at radius 1 is 0.395 bits per heavy atom. The van der Waals surface area contributed by atoms with Crippen molar-refractivity contribution in [3.05, 3.63) is 24.3 Å². The van der Waals surface area contributed by atoms with E-state index in [1.165, 1.54) is 353 Å². The van der Waals surface area contributed by atoms with Crippen LogP contribution in [0.1, 0.15) is 412 Å². The van der Waals surface area contributed by atoms with Crippen LogP contribution in [0, 0.1) is 0 Å². The van der Waals surface area contributed by atoms with Crippen molar-refractivity contribution in [1.82, 2.24) is 5.32 Å². The predicted octanol–water partition coefficient (Wildman–Crippen LogP) is 24.4. The minimum Gasteiger partial charge on any atom is -0.756 e. The van der Waals surface area contributed by atoms with Gasteiger partial charge in [0.25, 0.3) is 7.82 Å². The van der Waals surface area contributed by atoms with E-state index >= 15 is 0 Å². The highest BCUT2D eigenvalue weighted by Crippen LogP contribution is 2.38. The molecule has 0 spiro atoms. The number of phosphoric ester groups is 1. The first-order valence-electron chi connectivity index (χ1n) is 38.7. The summed E-state index contributed by atoms with van der Waals surface area (Å²) in [7, 11) is 1.27. The third-order valence-corrected chi connectivity index (χ3v) is 19.1. The van der Waals surface area contributed by atoms with Gasteiger partial charge in [-0.25, -0.2) is 0 Å². The summed E-state index contributed by atoms with van der Waals surface area (Å²) in [5.74, 6) is -0.197. The zero-order chi connectivity index (χ0) is 62.6. The number of aliphatic hydroxyl groups excluding tert-OH is 1. The molecule has 3 atom stereocenters. The van der Waals surface area contributed by atoms with Gasteiger partial charge < -0.3 is 28.8 Å². The van der Waals surface area contributed by atoms with Gasteiger partial charge in [-0.15, -0.1) is 0 Å². The van der Waals surface area contributed by atoms with E-state index in [0.29, 0.717) is 17.4 Å². The van der Waals surface area contributed by atoms with Crippen molar-refractivity contribution in [2.24, 2.45) is 0 Å². The summed E-state index contributed by atoms with van der Waals surface area (Å²) in [5.41, 5.74) is 0. The van der Waals surface area contributed by atoms with E-state index in [9.17, 15) is 19.4 Å². The number of likely N-dealkylation sites (N-methyl/N-ethyl adjacent to an activating group) is 1. The highest BCUT2D eigenvalue weighted by atomic mass is 31.2. The van der Waals surface area contributed by atoms with Gasteiger partial charge in [-0.05, 0) is 32.1 Å². The Morgan fingerprint density at radius 2 is 0.651 bits per heavy atom. The second-order valence-corrected chi connectivity index (χ2v) is 29.5. The van der Waals surface area contributed by atoms with Gasteiger partial charge >= 0.3 is 0 Å². The number of aliphatic hydroxyl groups is 1. The molecule has 0 aromatic carbocycles. The van der Waals surface area contributed by atoms with E-state index in [0.717, 1.165) is 38.5 Å². The van der Waals surface area contributed by atoms with Gasteiger partial charge in [-0.3, -0.25) is 9.36 Å². The largest absolute Gasteiger partial charge is 0.756 e. The maximum absolute atomic E-state index is 13.1. The van der Waals surface area contributed by atoms with E-state index in [1.807, 2.05) is 27.2 Å². The molecule has 0 saturated carbocycles. The summed E-state index contributed by atoms with van der Waals surface area (Å²) < 4.78 is 23.5. The van der Waals surface area contributed by atoms with Gasteiger partial charge in [0.05, 0.1) is 39.9 Å². The molecule has 86 heavy (non-hydrogen) atoms. The fourth-order valence-corrected chi connectivity index (χ4v) is 12.9. The molecule has 0 aromatic rings. The Balaban J connectivity index is 3.93. The minimum atomic E-state index is -4.61. The number of nitrogens with one attached hydrogen (secondary N) is 1. The molecular formula is C77H153N2O6P. The lowest BCUT2D eigenvalue weighted by Crippen LogP contribution is -2.45. The molecule has 0 rings (SSSR count). The van der Waals surface area contributed by atoms with Crippen LogP contribution in [0.15, 0.2) is 24.3 Å². The first-order chi connectivity index (χ1) is 42.0. The topological polar surface area (TPSA) is 108 Å². The Bertz CT molecular complexity index is 1450. The summed E-state index contributed by atoms with van der Waals surface area (Å²) in [6.45, 7) is 4.70. The normalized spacial score (nSPS) is 13.6. The highest BCUT2D eigenvalue weighted by Gasteiger charge is 2.23. The Morgan fingerprint density at radius 3 is 0.942 bits per heavy atom. The number of carbonyl (C=O) groups is 1. The van der Waals surface area contributed by atoms with Crippen molar-refractivity contribution in [3.63, 3.8) is 0 Å². The summed E-state index contributed by atoms with van der Waals surface area (Å²) in [6.07, 6.45) is 90.7. The summed E-state index contributed by atoms with van der Waals surface area (Å²) in [4.78, 5) is 25.7. The number of carbonyl (C=O) groups excluding carboxylic acids is 1. The fraction of sp³-hybridized carbons (Fsp3) is 0.935. The second-order valence-electron chi connectivity index (χ2n) is 28.1. The van der Waals surface area contributed by atoms with Crippen molar-refractivity contribution < 1.29 is 32.9 Å². The van der Waals surface area contributed by atoms with Gasteiger partial charge in [0.1, 0.15) is 13.2 Å². The van der Waals surface area contributed by atoms with Crippen molar-refractivity contribution in [1.29, 1.82) is 0 Å². The molecule has 0 aliphatic heterocycles.